The first-order chi connectivity index (χ1) is 8.19. The maximum atomic E-state index is 11.9. The average molecular weight is 242 g/mol. The number of ether oxygens (including phenoxy) is 1. The Balaban J connectivity index is 2.36. The maximum Gasteiger partial charge on any atom is 0.407 e. The summed E-state index contributed by atoms with van der Waals surface area (Å²) in [5.74, 6) is -0.00555. The predicted octanol–water partition coefficient (Wildman–Crippen LogP) is 1.52. The molecule has 0 saturated carbocycles. The van der Waals surface area contributed by atoms with Crippen molar-refractivity contribution in [2.24, 2.45) is 0 Å². The van der Waals surface area contributed by atoms with Gasteiger partial charge in [-0.2, -0.15) is 0 Å². The highest BCUT2D eigenvalue weighted by atomic mass is 16.5. The Labute approximate surface area is 102 Å². The highest BCUT2D eigenvalue weighted by molar-refractivity contribution is 5.82. The summed E-state index contributed by atoms with van der Waals surface area (Å²) < 4.78 is 4.43. The molecule has 5 nitrogen and oxygen atoms in total. The van der Waals surface area contributed by atoms with Crippen LogP contribution in [0, 0.1) is 0 Å². The van der Waals surface area contributed by atoms with Crippen LogP contribution in [-0.2, 0) is 9.53 Å². The van der Waals surface area contributed by atoms with Crippen LogP contribution in [-0.4, -0.2) is 43.1 Å². The molecule has 5 heteroatoms. The smallest absolute Gasteiger partial charge is 0.407 e. The average Bonchev–Trinajstić information content (AvgIpc) is 2.81. The lowest BCUT2D eigenvalue weighted by molar-refractivity contribution is -0.131. The number of rotatable bonds is 5. The number of hydrogen-bond acceptors (Lipinski definition) is 3. The van der Waals surface area contributed by atoms with Gasteiger partial charge in [0.15, 0.2) is 0 Å². The number of carbonyl (C=O) groups is 2. The summed E-state index contributed by atoms with van der Waals surface area (Å²) in [6.07, 6.45) is 4.98. The molecule has 0 aromatic rings. The lowest BCUT2D eigenvalue weighted by Crippen LogP contribution is -2.42. The van der Waals surface area contributed by atoms with Gasteiger partial charge < -0.3 is 15.0 Å². The van der Waals surface area contributed by atoms with E-state index in [0.717, 1.165) is 38.6 Å². The van der Waals surface area contributed by atoms with Gasteiger partial charge in [0.1, 0.15) is 6.54 Å². The zero-order chi connectivity index (χ0) is 12.7. The summed E-state index contributed by atoms with van der Waals surface area (Å²) in [6.45, 7) is 3.01. The molecule has 2 amide bonds. The first-order valence-corrected chi connectivity index (χ1v) is 6.30. The Hall–Kier alpha value is -1.26. The standard InChI is InChI=1S/C12H22N2O3/c1-3-4-6-10-7-5-8-14(10)11(15)9-13-12(16)17-2/h10H,3-9H2,1-2H3,(H,13,16)/t10-/m0/s1. The van der Waals surface area contributed by atoms with Gasteiger partial charge in [0, 0.05) is 12.6 Å². The molecule has 1 saturated heterocycles. The van der Waals surface area contributed by atoms with E-state index in [-0.39, 0.29) is 12.5 Å². The summed E-state index contributed by atoms with van der Waals surface area (Å²) in [4.78, 5) is 24.7. The van der Waals surface area contributed by atoms with E-state index >= 15 is 0 Å². The summed E-state index contributed by atoms with van der Waals surface area (Å²) >= 11 is 0. The van der Waals surface area contributed by atoms with Crippen LogP contribution in [0.4, 0.5) is 4.79 Å². The lowest BCUT2D eigenvalue weighted by atomic mass is 10.1. The minimum absolute atomic E-state index is 0.00555. The molecule has 1 fully saturated rings. The third-order valence-electron chi connectivity index (χ3n) is 3.16. The second kappa shape index (κ2) is 7.14. The molecule has 1 rings (SSSR count). The molecule has 0 bridgehead atoms. The second-order valence-corrected chi connectivity index (χ2v) is 4.37. The summed E-state index contributed by atoms with van der Waals surface area (Å²) in [5.41, 5.74) is 0. The van der Waals surface area contributed by atoms with Crippen molar-refractivity contribution >= 4 is 12.0 Å². The molecular weight excluding hydrogens is 220 g/mol. The van der Waals surface area contributed by atoms with E-state index < -0.39 is 6.09 Å². The second-order valence-electron chi connectivity index (χ2n) is 4.37. The van der Waals surface area contributed by atoms with Crippen LogP contribution in [0.1, 0.15) is 39.0 Å². The van der Waals surface area contributed by atoms with Crippen molar-refractivity contribution in [3.63, 3.8) is 0 Å². The van der Waals surface area contributed by atoms with Crippen molar-refractivity contribution in [3.05, 3.63) is 0 Å². The molecule has 17 heavy (non-hydrogen) atoms. The van der Waals surface area contributed by atoms with E-state index in [1.54, 1.807) is 0 Å². The van der Waals surface area contributed by atoms with Crippen LogP contribution in [0.15, 0.2) is 0 Å². The Morgan fingerprint density at radius 2 is 2.24 bits per heavy atom. The largest absolute Gasteiger partial charge is 0.453 e. The van der Waals surface area contributed by atoms with Gasteiger partial charge in [-0.1, -0.05) is 19.8 Å². The molecular formula is C12H22N2O3. The fraction of sp³-hybridized carbons (Fsp3) is 0.833. The number of alkyl carbamates (subject to hydrolysis) is 1. The Morgan fingerprint density at radius 3 is 2.88 bits per heavy atom. The molecule has 0 aromatic carbocycles. The van der Waals surface area contributed by atoms with Crippen LogP contribution < -0.4 is 5.32 Å². The molecule has 1 aliphatic rings. The maximum absolute atomic E-state index is 11.9. The van der Waals surface area contributed by atoms with Crippen LogP contribution in [0.25, 0.3) is 0 Å². The normalized spacial score (nSPS) is 19.2. The number of unbranched alkanes of at least 4 members (excludes halogenated alkanes) is 1. The van der Waals surface area contributed by atoms with E-state index in [1.807, 2.05) is 4.90 Å². The summed E-state index contributed by atoms with van der Waals surface area (Å²) in [5, 5.41) is 2.43. The van der Waals surface area contributed by atoms with Crippen LogP contribution in [0.5, 0.6) is 0 Å². The third kappa shape index (κ3) is 4.24. The quantitative estimate of drug-likeness (QED) is 0.795. The van der Waals surface area contributed by atoms with Crippen LogP contribution in [0.3, 0.4) is 0 Å². The minimum Gasteiger partial charge on any atom is -0.453 e. The van der Waals surface area contributed by atoms with Gasteiger partial charge in [-0.15, -0.1) is 0 Å². The Bertz CT molecular complexity index is 268. The third-order valence-corrected chi connectivity index (χ3v) is 3.16. The number of methoxy groups -OCH3 is 1. The Kier molecular flexibility index (Phi) is 5.80. The van der Waals surface area contributed by atoms with Crippen molar-refractivity contribution in [2.75, 3.05) is 20.2 Å². The van der Waals surface area contributed by atoms with Crippen molar-refractivity contribution in [1.82, 2.24) is 10.2 Å². The minimum atomic E-state index is -0.553. The summed E-state index contributed by atoms with van der Waals surface area (Å²) in [7, 11) is 1.29. The first kappa shape index (κ1) is 13.8. The predicted molar refractivity (Wildman–Crippen MR) is 64.7 cm³/mol. The van der Waals surface area contributed by atoms with Gasteiger partial charge in [0.2, 0.25) is 5.91 Å². The lowest BCUT2D eigenvalue weighted by Gasteiger charge is -2.24. The molecule has 0 aliphatic carbocycles. The van der Waals surface area contributed by atoms with E-state index in [0.29, 0.717) is 6.04 Å². The SMILES string of the molecule is CCCC[C@H]1CCCN1C(=O)CNC(=O)OC. The highest BCUT2D eigenvalue weighted by Gasteiger charge is 2.27. The molecule has 1 N–H and O–H groups in total. The highest BCUT2D eigenvalue weighted by Crippen LogP contribution is 2.21. The first-order valence-electron chi connectivity index (χ1n) is 6.30. The number of nitrogens with zero attached hydrogens (tertiary/aromatic N) is 1. The van der Waals surface area contributed by atoms with Crippen LogP contribution >= 0.6 is 0 Å². The zero-order valence-electron chi connectivity index (χ0n) is 10.7. The molecule has 0 unspecified atom stereocenters. The van der Waals surface area contributed by atoms with Gasteiger partial charge in [0.05, 0.1) is 7.11 Å². The molecule has 98 valence electrons. The van der Waals surface area contributed by atoms with Crippen molar-refractivity contribution < 1.29 is 14.3 Å². The number of carbonyl (C=O) groups excluding carboxylic acids is 2. The van der Waals surface area contributed by atoms with E-state index in [4.69, 9.17) is 0 Å². The molecule has 0 radical (unpaired) electrons. The molecule has 0 spiro atoms. The fourth-order valence-electron chi connectivity index (χ4n) is 2.23. The topological polar surface area (TPSA) is 58.6 Å². The van der Waals surface area contributed by atoms with Crippen molar-refractivity contribution in [1.29, 1.82) is 0 Å². The number of likely N-dealkylation sites (tertiary alicyclic amines) is 1. The number of amides is 2. The summed E-state index contributed by atoms with van der Waals surface area (Å²) in [6, 6.07) is 0.363. The Morgan fingerprint density at radius 1 is 1.47 bits per heavy atom. The number of hydrogen-bond donors (Lipinski definition) is 1. The van der Waals surface area contributed by atoms with Gasteiger partial charge in [-0.3, -0.25) is 4.79 Å². The van der Waals surface area contributed by atoms with Crippen molar-refractivity contribution in [3.8, 4) is 0 Å². The fourth-order valence-corrected chi connectivity index (χ4v) is 2.23. The van der Waals surface area contributed by atoms with E-state index in [9.17, 15) is 9.59 Å². The van der Waals surface area contributed by atoms with Crippen molar-refractivity contribution in [2.45, 2.75) is 45.1 Å². The van der Waals surface area contributed by atoms with Crippen LogP contribution in [0.2, 0.25) is 0 Å². The molecule has 1 aliphatic heterocycles. The monoisotopic (exact) mass is 242 g/mol. The van der Waals surface area contributed by atoms with Gasteiger partial charge in [0.25, 0.3) is 0 Å². The van der Waals surface area contributed by atoms with E-state index in [2.05, 4.69) is 17.0 Å². The number of nitrogens with one attached hydrogen (secondary N) is 1. The van der Waals surface area contributed by atoms with Gasteiger partial charge in [-0.25, -0.2) is 4.79 Å². The zero-order valence-corrected chi connectivity index (χ0v) is 10.7. The van der Waals surface area contributed by atoms with E-state index in [1.165, 1.54) is 7.11 Å². The molecule has 1 heterocycles. The molecule has 0 aromatic heterocycles. The molecule has 1 atom stereocenters. The van der Waals surface area contributed by atoms with Gasteiger partial charge in [-0.05, 0) is 19.3 Å². The van der Waals surface area contributed by atoms with Gasteiger partial charge >= 0.3 is 6.09 Å².